The van der Waals surface area contributed by atoms with Crippen LogP contribution < -0.4 is 0 Å². The van der Waals surface area contributed by atoms with Crippen molar-refractivity contribution in [1.82, 2.24) is 4.90 Å². The molecular weight excluding hydrogens is 282 g/mol. The fourth-order valence-corrected chi connectivity index (χ4v) is 5.00. The number of hydrogen-bond donors (Lipinski definition) is 1. The molecule has 0 aromatic carbocycles. The molecule has 1 amide bonds. The summed E-state index contributed by atoms with van der Waals surface area (Å²) < 4.78 is 24.3. The Bertz CT molecular complexity index is 481. The van der Waals surface area contributed by atoms with E-state index in [-0.39, 0.29) is 17.7 Å². The van der Waals surface area contributed by atoms with Crippen molar-refractivity contribution in [3.05, 3.63) is 0 Å². The molecule has 2 aliphatic rings. The zero-order valence-electron chi connectivity index (χ0n) is 11.5. The Balaban J connectivity index is 1.98. The van der Waals surface area contributed by atoms with Gasteiger partial charge in [0.05, 0.1) is 11.7 Å². The van der Waals surface area contributed by atoms with Gasteiger partial charge < -0.3 is 10.0 Å². The number of carboxylic acids is 1. The van der Waals surface area contributed by atoms with Crippen molar-refractivity contribution in [1.29, 1.82) is 0 Å². The average molecular weight is 303 g/mol. The first-order valence-electron chi connectivity index (χ1n) is 7.13. The van der Waals surface area contributed by atoms with Gasteiger partial charge in [0.15, 0.2) is 9.84 Å². The molecule has 1 N–H and O–H groups in total. The van der Waals surface area contributed by atoms with Crippen LogP contribution in [0.25, 0.3) is 0 Å². The summed E-state index contributed by atoms with van der Waals surface area (Å²) in [5.74, 6) is -1.85. The third-order valence-corrected chi connectivity index (χ3v) is 6.38. The van der Waals surface area contributed by atoms with Gasteiger partial charge in [0.2, 0.25) is 5.91 Å². The van der Waals surface area contributed by atoms with Gasteiger partial charge in [-0.3, -0.25) is 9.59 Å². The normalized spacial score (nSPS) is 24.2. The number of nitrogens with zero attached hydrogens (tertiary/aromatic N) is 1. The molecule has 2 rings (SSSR count). The number of hydrogen-bond acceptors (Lipinski definition) is 4. The van der Waals surface area contributed by atoms with E-state index < -0.39 is 27.5 Å². The number of carboxylic acid groups (broad SMARTS) is 1. The van der Waals surface area contributed by atoms with Crippen LogP contribution in [0.2, 0.25) is 0 Å². The standard InChI is InChI=1S/C13H21NO5S/c15-12(9-20(18,19)11-5-1-2-6-11)14-7-3-4-10(14)8-13(16)17/h10-11H,1-9H2,(H,16,17)/t10-/m1/s1. The second kappa shape index (κ2) is 6.11. The van der Waals surface area contributed by atoms with E-state index >= 15 is 0 Å². The van der Waals surface area contributed by atoms with Crippen LogP contribution in [0, 0.1) is 0 Å². The SMILES string of the molecule is O=C(O)C[C@H]1CCCN1C(=O)CS(=O)(=O)C1CCCC1. The molecule has 114 valence electrons. The van der Waals surface area contributed by atoms with E-state index in [4.69, 9.17) is 5.11 Å². The number of rotatable bonds is 5. The lowest BCUT2D eigenvalue weighted by Crippen LogP contribution is -2.41. The van der Waals surface area contributed by atoms with Crippen LogP contribution in [0.15, 0.2) is 0 Å². The molecule has 2 fully saturated rings. The van der Waals surface area contributed by atoms with Crippen molar-refractivity contribution in [2.24, 2.45) is 0 Å². The van der Waals surface area contributed by atoms with Gasteiger partial charge >= 0.3 is 5.97 Å². The van der Waals surface area contributed by atoms with Gasteiger partial charge in [0.1, 0.15) is 5.75 Å². The molecule has 0 unspecified atom stereocenters. The van der Waals surface area contributed by atoms with E-state index in [9.17, 15) is 18.0 Å². The number of aliphatic carboxylic acids is 1. The predicted molar refractivity (Wildman–Crippen MR) is 73.0 cm³/mol. The highest BCUT2D eigenvalue weighted by Crippen LogP contribution is 2.26. The molecule has 0 radical (unpaired) electrons. The molecule has 20 heavy (non-hydrogen) atoms. The topological polar surface area (TPSA) is 91.8 Å². The molecule has 1 saturated carbocycles. The zero-order chi connectivity index (χ0) is 14.8. The molecule has 7 heteroatoms. The highest BCUT2D eigenvalue weighted by Gasteiger charge is 2.36. The van der Waals surface area contributed by atoms with Crippen LogP contribution in [0.4, 0.5) is 0 Å². The Labute approximate surface area is 119 Å². The lowest BCUT2D eigenvalue weighted by molar-refractivity contribution is -0.139. The first kappa shape index (κ1) is 15.3. The van der Waals surface area contributed by atoms with E-state index in [0.29, 0.717) is 25.8 Å². The summed E-state index contributed by atoms with van der Waals surface area (Å²) >= 11 is 0. The first-order valence-corrected chi connectivity index (χ1v) is 8.84. The number of carbonyl (C=O) groups excluding carboxylic acids is 1. The van der Waals surface area contributed by atoms with Crippen LogP contribution >= 0.6 is 0 Å². The van der Waals surface area contributed by atoms with Crippen LogP contribution in [-0.4, -0.2) is 53.9 Å². The van der Waals surface area contributed by atoms with Crippen molar-refractivity contribution < 1.29 is 23.1 Å². The first-order chi connectivity index (χ1) is 9.40. The van der Waals surface area contributed by atoms with E-state index in [1.807, 2.05) is 0 Å². The second-order valence-electron chi connectivity index (χ2n) is 5.69. The predicted octanol–water partition coefficient (Wildman–Crippen LogP) is 0.809. The van der Waals surface area contributed by atoms with Gasteiger partial charge in [-0.1, -0.05) is 12.8 Å². The lowest BCUT2D eigenvalue weighted by atomic mass is 10.1. The number of amides is 1. The fraction of sp³-hybridized carbons (Fsp3) is 0.846. The van der Waals surface area contributed by atoms with Crippen LogP contribution in [0.1, 0.15) is 44.9 Å². The van der Waals surface area contributed by atoms with Gasteiger partial charge in [-0.05, 0) is 25.7 Å². The van der Waals surface area contributed by atoms with Crippen LogP contribution in [-0.2, 0) is 19.4 Å². The maximum absolute atomic E-state index is 12.2. The summed E-state index contributed by atoms with van der Waals surface area (Å²) in [5, 5.41) is 8.44. The highest BCUT2D eigenvalue weighted by atomic mass is 32.2. The minimum absolute atomic E-state index is 0.102. The van der Waals surface area contributed by atoms with Crippen molar-refractivity contribution >= 4 is 21.7 Å². The Morgan fingerprint density at radius 3 is 2.35 bits per heavy atom. The average Bonchev–Trinajstić information content (AvgIpc) is 2.97. The highest BCUT2D eigenvalue weighted by molar-refractivity contribution is 7.92. The molecule has 6 nitrogen and oxygen atoms in total. The van der Waals surface area contributed by atoms with Gasteiger partial charge in [0, 0.05) is 12.6 Å². The molecule has 1 aliphatic heterocycles. The van der Waals surface area contributed by atoms with Crippen molar-refractivity contribution in [2.45, 2.75) is 56.2 Å². The van der Waals surface area contributed by atoms with Crippen molar-refractivity contribution in [3.63, 3.8) is 0 Å². The number of carbonyl (C=O) groups is 2. The Morgan fingerprint density at radius 1 is 1.10 bits per heavy atom. The molecular formula is C13H21NO5S. The molecule has 0 aromatic heterocycles. The molecule has 0 bridgehead atoms. The monoisotopic (exact) mass is 303 g/mol. The summed E-state index contributed by atoms with van der Waals surface area (Å²) in [6, 6.07) is -0.348. The molecule has 0 spiro atoms. The number of sulfone groups is 1. The van der Waals surface area contributed by atoms with Crippen molar-refractivity contribution in [3.8, 4) is 0 Å². The van der Waals surface area contributed by atoms with Crippen LogP contribution in [0.3, 0.4) is 0 Å². The van der Waals surface area contributed by atoms with Gasteiger partial charge in [-0.25, -0.2) is 8.42 Å². The smallest absolute Gasteiger partial charge is 0.305 e. The Morgan fingerprint density at radius 2 is 1.75 bits per heavy atom. The third-order valence-electron chi connectivity index (χ3n) is 4.24. The lowest BCUT2D eigenvalue weighted by Gasteiger charge is -2.24. The second-order valence-corrected chi connectivity index (χ2v) is 7.98. The summed E-state index contributed by atoms with van der Waals surface area (Å²) in [6.45, 7) is 0.469. The van der Waals surface area contributed by atoms with Gasteiger partial charge in [-0.2, -0.15) is 0 Å². The molecule has 1 saturated heterocycles. The summed E-state index contributed by atoms with van der Waals surface area (Å²) in [6.07, 6.45) is 4.39. The van der Waals surface area contributed by atoms with Crippen LogP contribution in [0.5, 0.6) is 0 Å². The van der Waals surface area contributed by atoms with E-state index in [1.54, 1.807) is 0 Å². The van der Waals surface area contributed by atoms with Gasteiger partial charge in [-0.15, -0.1) is 0 Å². The maximum Gasteiger partial charge on any atom is 0.305 e. The minimum atomic E-state index is -3.39. The fourth-order valence-electron chi connectivity index (χ4n) is 3.20. The van der Waals surface area contributed by atoms with E-state index in [2.05, 4.69) is 0 Å². The maximum atomic E-state index is 12.2. The van der Waals surface area contributed by atoms with Crippen molar-refractivity contribution in [2.75, 3.05) is 12.3 Å². The largest absolute Gasteiger partial charge is 0.481 e. The Hall–Kier alpha value is -1.11. The van der Waals surface area contributed by atoms with E-state index in [1.165, 1.54) is 4.90 Å². The zero-order valence-corrected chi connectivity index (χ0v) is 12.3. The molecule has 1 atom stereocenters. The summed E-state index contributed by atoms with van der Waals surface area (Å²) in [7, 11) is -3.39. The molecule has 1 heterocycles. The number of likely N-dealkylation sites (tertiary alicyclic amines) is 1. The summed E-state index contributed by atoms with van der Waals surface area (Å²) in [5.41, 5.74) is 0. The quantitative estimate of drug-likeness (QED) is 0.811. The van der Waals surface area contributed by atoms with E-state index in [0.717, 1.165) is 19.3 Å². The molecule has 1 aliphatic carbocycles. The molecule has 0 aromatic rings. The minimum Gasteiger partial charge on any atom is -0.481 e. The van der Waals surface area contributed by atoms with Gasteiger partial charge in [0.25, 0.3) is 0 Å². The summed E-state index contributed by atoms with van der Waals surface area (Å²) in [4.78, 5) is 24.4. The third kappa shape index (κ3) is 3.50. The Kier molecular flexibility index (Phi) is 4.67.